The minimum atomic E-state index is -0.920. The van der Waals surface area contributed by atoms with Gasteiger partial charge in [0.2, 0.25) is 0 Å². The second-order valence-electron chi connectivity index (χ2n) is 7.69. The molecule has 4 aromatic rings. The molecule has 0 bridgehead atoms. The van der Waals surface area contributed by atoms with Gasteiger partial charge in [-0.05, 0) is 55.5 Å². The Bertz CT molecular complexity index is 1270. The third kappa shape index (κ3) is 5.57. The first-order chi connectivity index (χ1) is 16.5. The van der Waals surface area contributed by atoms with Gasteiger partial charge in [-0.3, -0.25) is 9.59 Å². The molecule has 0 aliphatic carbocycles. The van der Waals surface area contributed by atoms with E-state index in [4.69, 9.17) is 9.47 Å². The summed E-state index contributed by atoms with van der Waals surface area (Å²) in [4.78, 5) is 24.4. The third-order valence-electron chi connectivity index (χ3n) is 5.13. The van der Waals surface area contributed by atoms with Crippen molar-refractivity contribution in [2.24, 2.45) is 0 Å². The molecule has 1 N–H and O–H groups in total. The van der Waals surface area contributed by atoms with Crippen molar-refractivity contribution in [2.75, 3.05) is 13.2 Å². The van der Waals surface area contributed by atoms with Crippen LogP contribution < -0.4 is 9.47 Å². The van der Waals surface area contributed by atoms with E-state index in [1.165, 1.54) is 13.1 Å². The van der Waals surface area contributed by atoms with E-state index in [1.54, 1.807) is 59.4 Å². The first-order valence-electron chi connectivity index (χ1n) is 10.8. The molecule has 0 aliphatic heterocycles. The predicted molar refractivity (Wildman–Crippen MR) is 127 cm³/mol. The summed E-state index contributed by atoms with van der Waals surface area (Å²) in [6.45, 7) is 1.44. The van der Waals surface area contributed by atoms with E-state index in [0.29, 0.717) is 28.2 Å². The van der Waals surface area contributed by atoms with E-state index < -0.39 is 6.10 Å². The van der Waals surface area contributed by atoms with Crippen LogP contribution in [0.1, 0.15) is 33.2 Å². The summed E-state index contributed by atoms with van der Waals surface area (Å²) in [5.41, 5.74) is 2.25. The Morgan fingerprint density at radius 1 is 0.882 bits per heavy atom. The molecule has 0 spiro atoms. The van der Waals surface area contributed by atoms with Gasteiger partial charge in [-0.25, -0.2) is 4.68 Å². The lowest BCUT2D eigenvalue weighted by molar-refractivity contribution is 0.0621. The fourth-order valence-electron chi connectivity index (χ4n) is 3.31. The van der Waals surface area contributed by atoms with Crippen molar-refractivity contribution in [2.45, 2.75) is 13.0 Å². The molecule has 1 atom stereocenters. The average Bonchev–Trinajstić information content (AvgIpc) is 3.37. The highest BCUT2D eigenvalue weighted by Gasteiger charge is 2.18. The number of ether oxygens (including phenoxy) is 2. The highest BCUT2D eigenvalue weighted by molar-refractivity contribution is 6.10. The summed E-state index contributed by atoms with van der Waals surface area (Å²) < 4.78 is 13.0. The second-order valence-corrected chi connectivity index (χ2v) is 7.69. The Hall–Kier alpha value is -4.23. The van der Waals surface area contributed by atoms with E-state index in [1.807, 2.05) is 30.3 Å². The van der Waals surface area contributed by atoms with Crippen molar-refractivity contribution in [3.63, 3.8) is 0 Å². The number of para-hydroxylation sites is 2. The molecule has 34 heavy (non-hydrogen) atoms. The largest absolute Gasteiger partial charge is 0.491 e. The first-order valence-corrected chi connectivity index (χ1v) is 10.8. The molecule has 1 aromatic heterocycles. The van der Waals surface area contributed by atoms with Crippen LogP contribution in [-0.4, -0.2) is 45.8 Å². The predicted octanol–water partition coefficient (Wildman–Crippen LogP) is 4.12. The van der Waals surface area contributed by atoms with Gasteiger partial charge >= 0.3 is 0 Å². The number of rotatable bonds is 10. The van der Waals surface area contributed by atoms with Crippen LogP contribution in [0.15, 0.2) is 91.3 Å². The summed E-state index contributed by atoms with van der Waals surface area (Å²) >= 11 is 0. The number of ketones is 2. The van der Waals surface area contributed by atoms with Gasteiger partial charge in [0, 0.05) is 11.8 Å². The molecule has 0 radical (unpaired) electrons. The van der Waals surface area contributed by atoms with Gasteiger partial charge < -0.3 is 14.6 Å². The lowest BCUT2D eigenvalue weighted by Crippen LogP contribution is -2.25. The summed E-state index contributed by atoms with van der Waals surface area (Å²) in [6.07, 6.45) is 2.28. The minimum Gasteiger partial charge on any atom is -0.491 e. The molecule has 3 aromatic carbocycles. The molecule has 1 unspecified atom stereocenters. The first kappa shape index (κ1) is 22.9. The standard InChI is InChI=1S/C27H24N2O5/c1-19(30)20-11-13-24(14-12-20)33-17-23(31)18-34-26-10-6-5-9-25(26)27(32)21-15-28-29(16-21)22-7-3-2-4-8-22/h2-16,23,31H,17-18H2,1H3. The lowest BCUT2D eigenvalue weighted by Gasteiger charge is -2.15. The lowest BCUT2D eigenvalue weighted by atomic mass is 10.1. The van der Waals surface area contributed by atoms with Crippen molar-refractivity contribution in [3.05, 3.63) is 108 Å². The molecule has 0 aliphatic rings. The Morgan fingerprint density at radius 3 is 2.29 bits per heavy atom. The van der Waals surface area contributed by atoms with Gasteiger partial charge in [-0.15, -0.1) is 0 Å². The molecule has 0 amide bonds. The summed E-state index contributed by atoms with van der Waals surface area (Å²) in [6, 6.07) is 23.1. The van der Waals surface area contributed by atoms with Crippen LogP contribution in [0.4, 0.5) is 0 Å². The maximum Gasteiger partial charge on any atom is 0.199 e. The zero-order chi connectivity index (χ0) is 23.9. The Labute approximate surface area is 197 Å². The quantitative estimate of drug-likeness (QED) is 0.361. The number of hydrogen-bond donors (Lipinski definition) is 1. The van der Waals surface area contributed by atoms with E-state index in [-0.39, 0.29) is 24.8 Å². The molecule has 0 saturated heterocycles. The zero-order valence-corrected chi connectivity index (χ0v) is 18.6. The number of aromatic nitrogens is 2. The second kappa shape index (κ2) is 10.6. The Kier molecular flexibility index (Phi) is 7.15. The third-order valence-corrected chi connectivity index (χ3v) is 5.13. The van der Waals surface area contributed by atoms with Crippen molar-refractivity contribution in [1.29, 1.82) is 0 Å². The molecule has 0 saturated carbocycles. The van der Waals surface area contributed by atoms with Crippen LogP contribution in [0.3, 0.4) is 0 Å². The van der Waals surface area contributed by atoms with Crippen molar-refractivity contribution >= 4 is 11.6 Å². The fraction of sp³-hybridized carbons (Fsp3) is 0.148. The molecule has 0 fully saturated rings. The number of hydrogen-bond acceptors (Lipinski definition) is 6. The molecule has 1 heterocycles. The summed E-state index contributed by atoms with van der Waals surface area (Å²) in [5.74, 6) is 0.648. The number of nitrogens with zero attached hydrogens (tertiary/aromatic N) is 2. The molecular weight excluding hydrogens is 432 g/mol. The van der Waals surface area contributed by atoms with Gasteiger partial charge in [-0.2, -0.15) is 5.10 Å². The molecule has 4 rings (SSSR count). The van der Waals surface area contributed by atoms with Crippen molar-refractivity contribution < 1.29 is 24.2 Å². The summed E-state index contributed by atoms with van der Waals surface area (Å²) in [5, 5.41) is 14.6. The van der Waals surface area contributed by atoms with Crippen LogP contribution in [0.5, 0.6) is 11.5 Å². The van der Waals surface area contributed by atoms with E-state index >= 15 is 0 Å². The van der Waals surface area contributed by atoms with Gasteiger partial charge in [0.25, 0.3) is 0 Å². The molecule has 172 valence electrons. The summed E-state index contributed by atoms with van der Waals surface area (Å²) in [7, 11) is 0. The van der Waals surface area contributed by atoms with E-state index in [2.05, 4.69) is 5.10 Å². The maximum absolute atomic E-state index is 13.1. The van der Waals surface area contributed by atoms with Crippen LogP contribution in [0.2, 0.25) is 0 Å². The minimum absolute atomic E-state index is 0.000617. The van der Waals surface area contributed by atoms with Crippen LogP contribution in [0, 0.1) is 0 Å². The Morgan fingerprint density at radius 2 is 1.56 bits per heavy atom. The topological polar surface area (TPSA) is 90.7 Å². The number of aliphatic hydroxyl groups is 1. The van der Waals surface area contributed by atoms with Gasteiger partial charge in [-0.1, -0.05) is 30.3 Å². The molecule has 7 heteroatoms. The van der Waals surface area contributed by atoms with Gasteiger partial charge in [0.15, 0.2) is 11.6 Å². The van der Waals surface area contributed by atoms with Gasteiger partial charge in [0.1, 0.15) is 30.8 Å². The smallest absolute Gasteiger partial charge is 0.199 e. The van der Waals surface area contributed by atoms with Crippen LogP contribution in [-0.2, 0) is 0 Å². The van der Waals surface area contributed by atoms with Crippen molar-refractivity contribution in [1.82, 2.24) is 9.78 Å². The van der Waals surface area contributed by atoms with Crippen LogP contribution in [0.25, 0.3) is 5.69 Å². The number of benzene rings is 3. The van der Waals surface area contributed by atoms with Crippen LogP contribution >= 0.6 is 0 Å². The van der Waals surface area contributed by atoms with Gasteiger partial charge in [0.05, 0.1) is 23.0 Å². The Balaban J connectivity index is 1.37. The van der Waals surface area contributed by atoms with Crippen molar-refractivity contribution in [3.8, 4) is 17.2 Å². The molecule has 7 nitrogen and oxygen atoms in total. The highest BCUT2D eigenvalue weighted by Crippen LogP contribution is 2.22. The average molecular weight is 456 g/mol. The maximum atomic E-state index is 13.1. The monoisotopic (exact) mass is 456 g/mol. The molecular formula is C27H24N2O5. The number of carbonyl (C=O) groups is 2. The number of aliphatic hydroxyl groups excluding tert-OH is 1. The number of carbonyl (C=O) groups excluding carboxylic acids is 2. The number of Topliss-reactive ketones (excluding diaryl/α,β-unsaturated/α-hetero) is 1. The zero-order valence-electron chi connectivity index (χ0n) is 18.6. The SMILES string of the molecule is CC(=O)c1ccc(OCC(O)COc2ccccc2C(=O)c2cnn(-c3ccccc3)c2)cc1. The van der Waals surface area contributed by atoms with E-state index in [0.717, 1.165) is 5.69 Å². The fourth-order valence-corrected chi connectivity index (χ4v) is 3.31. The highest BCUT2D eigenvalue weighted by atomic mass is 16.5. The normalized spacial score (nSPS) is 11.6. The van der Waals surface area contributed by atoms with E-state index in [9.17, 15) is 14.7 Å².